The molecule has 3 atom stereocenters. The Morgan fingerprint density at radius 2 is 2.29 bits per heavy atom. The molecule has 0 aromatic heterocycles. The van der Waals surface area contributed by atoms with Crippen LogP contribution in [0.25, 0.3) is 0 Å². The van der Waals surface area contributed by atoms with Crippen molar-refractivity contribution in [1.82, 2.24) is 10.2 Å². The number of fused-ring (bicyclic) bond motifs is 1. The fourth-order valence-electron chi connectivity index (χ4n) is 3.02. The summed E-state index contributed by atoms with van der Waals surface area (Å²) in [7, 11) is 0. The summed E-state index contributed by atoms with van der Waals surface area (Å²) in [5, 5.41) is 11.8. The number of hydrogen-bond acceptors (Lipinski definition) is 4. The van der Waals surface area contributed by atoms with Gasteiger partial charge in [-0.25, -0.2) is 0 Å². The summed E-state index contributed by atoms with van der Waals surface area (Å²) in [4.78, 5) is 36.8. The van der Waals surface area contributed by atoms with Crippen LogP contribution in [0.2, 0.25) is 0 Å². The summed E-state index contributed by atoms with van der Waals surface area (Å²) in [6.07, 6.45) is 2.55. The number of thioether (sulfide) groups is 1. The van der Waals surface area contributed by atoms with Gasteiger partial charge in [0.05, 0.1) is 10.8 Å². The molecule has 0 radical (unpaired) electrons. The molecular formula is C14H22N2O4S. The molecule has 2 N–H and O–H groups in total. The van der Waals surface area contributed by atoms with Crippen LogP contribution in [0.15, 0.2) is 0 Å². The smallest absolute Gasteiger partial charge is 0.308 e. The number of hydrogen-bond donors (Lipinski definition) is 2. The number of carboxylic acid groups (broad SMARTS) is 1. The summed E-state index contributed by atoms with van der Waals surface area (Å²) in [6, 6.07) is -0.467. The molecule has 2 saturated heterocycles. The predicted octanol–water partition coefficient (Wildman–Crippen LogP) is 1.06. The van der Waals surface area contributed by atoms with Crippen molar-refractivity contribution >= 4 is 29.5 Å². The van der Waals surface area contributed by atoms with Crippen LogP contribution in [0.4, 0.5) is 0 Å². The van der Waals surface area contributed by atoms with Crippen molar-refractivity contribution in [2.24, 2.45) is 5.92 Å². The van der Waals surface area contributed by atoms with E-state index in [-0.39, 0.29) is 23.2 Å². The maximum absolute atomic E-state index is 12.3. The second kappa shape index (κ2) is 6.25. The highest BCUT2D eigenvalue weighted by molar-refractivity contribution is 8.01. The zero-order valence-corrected chi connectivity index (χ0v) is 13.2. The van der Waals surface area contributed by atoms with Gasteiger partial charge in [-0.2, -0.15) is 0 Å². The Hall–Kier alpha value is -1.24. The molecule has 0 aromatic carbocycles. The molecule has 2 rings (SSSR count). The number of nitrogens with zero attached hydrogens (tertiary/aromatic N) is 1. The highest BCUT2D eigenvalue weighted by atomic mass is 32.2. The first kappa shape index (κ1) is 16.1. The number of amides is 2. The summed E-state index contributed by atoms with van der Waals surface area (Å²) in [5.74, 6) is -1.08. The van der Waals surface area contributed by atoms with Crippen LogP contribution in [-0.4, -0.2) is 51.0 Å². The third kappa shape index (κ3) is 3.17. The van der Waals surface area contributed by atoms with E-state index in [4.69, 9.17) is 5.11 Å². The van der Waals surface area contributed by atoms with Gasteiger partial charge in [-0.1, -0.05) is 13.3 Å². The molecule has 2 aliphatic rings. The van der Waals surface area contributed by atoms with Gasteiger partial charge in [0.25, 0.3) is 0 Å². The van der Waals surface area contributed by atoms with E-state index in [1.807, 2.05) is 13.8 Å². The molecule has 2 amide bonds. The number of carboxylic acids is 1. The Labute approximate surface area is 128 Å². The van der Waals surface area contributed by atoms with Crippen LogP contribution in [0.1, 0.15) is 39.5 Å². The molecule has 3 unspecified atom stereocenters. The minimum absolute atomic E-state index is 0.0194. The van der Waals surface area contributed by atoms with E-state index in [0.717, 1.165) is 12.8 Å². The fourth-order valence-corrected chi connectivity index (χ4v) is 4.45. The standard InChI is InChI=1S/C14H22N2O4S/c1-3-4-9(13(19)20)7-15-12(18)10-8-21-14(2)6-5-11(17)16(10)14/h9-10H,3-8H2,1-2H3,(H,15,18)(H,19,20). The monoisotopic (exact) mass is 314 g/mol. The first-order chi connectivity index (χ1) is 9.89. The highest BCUT2D eigenvalue weighted by Crippen LogP contribution is 2.47. The molecule has 2 fully saturated rings. The molecule has 118 valence electrons. The number of aliphatic carboxylic acids is 1. The second-order valence-corrected chi connectivity index (χ2v) is 7.34. The number of nitrogens with one attached hydrogen (secondary N) is 1. The van der Waals surface area contributed by atoms with Gasteiger partial charge in [-0.15, -0.1) is 11.8 Å². The van der Waals surface area contributed by atoms with Crippen molar-refractivity contribution in [2.45, 2.75) is 50.4 Å². The Balaban J connectivity index is 1.95. The van der Waals surface area contributed by atoms with Crippen molar-refractivity contribution in [3.63, 3.8) is 0 Å². The van der Waals surface area contributed by atoms with Gasteiger partial charge in [0, 0.05) is 18.7 Å². The molecule has 0 bridgehead atoms. The fraction of sp³-hybridized carbons (Fsp3) is 0.786. The first-order valence-electron chi connectivity index (χ1n) is 7.35. The van der Waals surface area contributed by atoms with Crippen LogP contribution >= 0.6 is 11.8 Å². The SMILES string of the molecule is CCCC(CNC(=O)C1CSC2(C)CCC(=O)N12)C(=O)O. The quantitative estimate of drug-likeness (QED) is 0.765. The third-order valence-corrected chi connectivity index (χ3v) is 5.76. The number of carbonyl (C=O) groups excluding carboxylic acids is 2. The Morgan fingerprint density at radius 3 is 2.90 bits per heavy atom. The lowest BCUT2D eigenvalue weighted by molar-refractivity contribution is -0.142. The normalized spacial score (nSPS) is 29.3. The molecule has 21 heavy (non-hydrogen) atoms. The minimum Gasteiger partial charge on any atom is -0.481 e. The molecular weight excluding hydrogens is 292 g/mol. The zero-order chi connectivity index (χ0) is 15.6. The number of carbonyl (C=O) groups is 3. The topological polar surface area (TPSA) is 86.7 Å². The molecule has 7 heteroatoms. The summed E-state index contributed by atoms with van der Waals surface area (Å²) < 4.78 is 0. The van der Waals surface area contributed by atoms with Gasteiger partial charge in [0.2, 0.25) is 11.8 Å². The molecule has 2 heterocycles. The van der Waals surface area contributed by atoms with Crippen molar-refractivity contribution in [1.29, 1.82) is 0 Å². The number of rotatable bonds is 6. The van der Waals surface area contributed by atoms with Crippen molar-refractivity contribution in [3.05, 3.63) is 0 Å². The minimum atomic E-state index is -0.889. The van der Waals surface area contributed by atoms with Crippen molar-refractivity contribution in [2.75, 3.05) is 12.3 Å². The van der Waals surface area contributed by atoms with Crippen LogP contribution in [0.5, 0.6) is 0 Å². The van der Waals surface area contributed by atoms with Gasteiger partial charge in [-0.3, -0.25) is 14.4 Å². The van der Waals surface area contributed by atoms with Crippen LogP contribution < -0.4 is 5.32 Å². The van der Waals surface area contributed by atoms with E-state index >= 15 is 0 Å². The largest absolute Gasteiger partial charge is 0.481 e. The van der Waals surface area contributed by atoms with Gasteiger partial charge in [0.15, 0.2) is 0 Å². The van der Waals surface area contributed by atoms with E-state index in [1.165, 1.54) is 0 Å². The van der Waals surface area contributed by atoms with Crippen LogP contribution in [0.3, 0.4) is 0 Å². The van der Waals surface area contributed by atoms with Crippen molar-refractivity contribution in [3.8, 4) is 0 Å². The zero-order valence-electron chi connectivity index (χ0n) is 12.4. The summed E-state index contributed by atoms with van der Waals surface area (Å²) in [5.41, 5.74) is 0. The Bertz CT molecular complexity index is 456. The molecule has 6 nitrogen and oxygen atoms in total. The lowest BCUT2D eigenvalue weighted by Crippen LogP contribution is -2.51. The van der Waals surface area contributed by atoms with Crippen LogP contribution in [-0.2, 0) is 14.4 Å². The van der Waals surface area contributed by atoms with E-state index in [0.29, 0.717) is 18.6 Å². The van der Waals surface area contributed by atoms with E-state index in [1.54, 1.807) is 16.7 Å². The predicted molar refractivity (Wildman–Crippen MR) is 79.8 cm³/mol. The van der Waals surface area contributed by atoms with Gasteiger partial charge in [-0.05, 0) is 19.8 Å². The molecule has 0 spiro atoms. The Morgan fingerprint density at radius 1 is 1.57 bits per heavy atom. The van der Waals surface area contributed by atoms with E-state index < -0.39 is 17.9 Å². The van der Waals surface area contributed by atoms with Crippen LogP contribution in [0, 0.1) is 5.92 Å². The first-order valence-corrected chi connectivity index (χ1v) is 8.34. The van der Waals surface area contributed by atoms with Gasteiger partial charge in [0.1, 0.15) is 6.04 Å². The molecule has 0 aromatic rings. The van der Waals surface area contributed by atoms with Gasteiger partial charge < -0.3 is 15.3 Å². The van der Waals surface area contributed by atoms with E-state index in [2.05, 4.69) is 5.32 Å². The molecule has 0 aliphatic carbocycles. The van der Waals surface area contributed by atoms with Crippen molar-refractivity contribution < 1.29 is 19.5 Å². The lowest BCUT2D eigenvalue weighted by atomic mass is 10.0. The average molecular weight is 314 g/mol. The van der Waals surface area contributed by atoms with E-state index in [9.17, 15) is 14.4 Å². The molecule has 2 aliphatic heterocycles. The summed E-state index contributed by atoms with van der Waals surface area (Å²) in [6.45, 7) is 4.04. The second-order valence-electron chi connectivity index (χ2n) is 5.83. The Kier molecular flexibility index (Phi) is 4.81. The maximum Gasteiger partial charge on any atom is 0.308 e. The van der Waals surface area contributed by atoms with Gasteiger partial charge >= 0.3 is 5.97 Å². The molecule has 0 saturated carbocycles. The highest BCUT2D eigenvalue weighted by Gasteiger charge is 2.52. The maximum atomic E-state index is 12.3. The third-order valence-electron chi connectivity index (χ3n) is 4.26. The summed E-state index contributed by atoms with van der Waals surface area (Å²) >= 11 is 1.63. The average Bonchev–Trinajstić information content (AvgIpc) is 2.91. The lowest BCUT2D eigenvalue weighted by Gasteiger charge is -2.30.